The molecule has 0 aromatic rings. The Morgan fingerprint density at radius 1 is 1.18 bits per heavy atom. The van der Waals surface area contributed by atoms with Gasteiger partial charge >= 0.3 is 11.9 Å². The SMILES string of the molecule is CCC(=O)O.O=C(O)CCO. The fourth-order valence-corrected chi connectivity index (χ4v) is 0.0956. The monoisotopic (exact) mass is 164 g/mol. The van der Waals surface area contributed by atoms with Crippen molar-refractivity contribution in [2.75, 3.05) is 6.61 Å². The van der Waals surface area contributed by atoms with Gasteiger partial charge in [0.1, 0.15) is 0 Å². The van der Waals surface area contributed by atoms with Crippen LogP contribution in [0.3, 0.4) is 0 Å². The molecule has 0 aliphatic carbocycles. The van der Waals surface area contributed by atoms with E-state index in [1.165, 1.54) is 0 Å². The van der Waals surface area contributed by atoms with Crippen LogP contribution < -0.4 is 0 Å². The standard InChI is InChI=1S/C3H6O3.C3H6O2/c4-2-1-3(5)6;1-2-3(4)5/h4H,1-2H2,(H,5,6);2H2,1H3,(H,4,5). The first-order valence-corrected chi connectivity index (χ1v) is 3.09. The van der Waals surface area contributed by atoms with Crippen LogP contribution in [0.4, 0.5) is 0 Å². The van der Waals surface area contributed by atoms with Gasteiger partial charge in [-0.3, -0.25) is 9.59 Å². The van der Waals surface area contributed by atoms with E-state index in [9.17, 15) is 9.59 Å². The fourth-order valence-electron chi connectivity index (χ4n) is 0.0956. The van der Waals surface area contributed by atoms with Crippen LogP contribution in [0.1, 0.15) is 19.8 Å². The zero-order valence-corrected chi connectivity index (χ0v) is 6.28. The van der Waals surface area contributed by atoms with Crippen molar-refractivity contribution < 1.29 is 24.9 Å². The third kappa shape index (κ3) is 27.9. The second-order valence-electron chi connectivity index (χ2n) is 1.61. The molecule has 0 radical (unpaired) electrons. The zero-order valence-electron chi connectivity index (χ0n) is 6.28. The minimum absolute atomic E-state index is 0.153. The molecule has 5 nitrogen and oxygen atoms in total. The van der Waals surface area contributed by atoms with E-state index >= 15 is 0 Å². The van der Waals surface area contributed by atoms with Gasteiger partial charge in [-0.2, -0.15) is 0 Å². The lowest BCUT2D eigenvalue weighted by Crippen LogP contribution is -1.96. The van der Waals surface area contributed by atoms with Crippen LogP contribution >= 0.6 is 0 Å². The van der Waals surface area contributed by atoms with Gasteiger partial charge in [-0.1, -0.05) is 6.92 Å². The van der Waals surface area contributed by atoms with Crippen LogP contribution in [0, 0.1) is 0 Å². The maximum atomic E-state index is 9.44. The van der Waals surface area contributed by atoms with Crippen LogP contribution in [-0.4, -0.2) is 33.9 Å². The molecule has 0 aliphatic heterocycles. The van der Waals surface area contributed by atoms with Gasteiger partial charge in [0.25, 0.3) is 0 Å². The first kappa shape index (κ1) is 12.6. The lowest BCUT2D eigenvalue weighted by Gasteiger charge is -1.79. The van der Waals surface area contributed by atoms with E-state index in [0.29, 0.717) is 0 Å². The van der Waals surface area contributed by atoms with Crippen LogP contribution in [0.5, 0.6) is 0 Å². The smallest absolute Gasteiger partial charge is 0.305 e. The quantitative estimate of drug-likeness (QED) is 0.543. The van der Waals surface area contributed by atoms with Gasteiger partial charge in [0.05, 0.1) is 13.0 Å². The van der Waals surface area contributed by atoms with Crippen molar-refractivity contribution in [3.8, 4) is 0 Å². The van der Waals surface area contributed by atoms with Gasteiger partial charge < -0.3 is 15.3 Å². The summed E-state index contributed by atoms with van der Waals surface area (Å²) in [5.74, 6) is -1.71. The van der Waals surface area contributed by atoms with Gasteiger partial charge in [-0.25, -0.2) is 0 Å². The Balaban J connectivity index is 0. The Hall–Kier alpha value is -1.10. The third-order valence-corrected chi connectivity index (χ3v) is 0.628. The topological polar surface area (TPSA) is 94.8 Å². The normalized spacial score (nSPS) is 7.82. The summed E-state index contributed by atoms with van der Waals surface area (Å²) in [6.45, 7) is 1.33. The second-order valence-corrected chi connectivity index (χ2v) is 1.61. The number of hydrogen-bond donors (Lipinski definition) is 3. The molecular weight excluding hydrogens is 152 g/mol. The molecule has 66 valence electrons. The van der Waals surface area contributed by atoms with Gasteiger partial charge in [0.2, 0.25) is 0 Å². The highest BCUT2D eigenvalue weighted by molar-refractivity contribution is 5.66. The molecule has 0 amide bonds. The number of carboxylic acids is 2. The fraction of sp³-hybridized carbons (Fsp3) is 0.667. The highest BCUT2D eigenvalue weighted by Crippen LogP contribution is 1.70. The molecule has 0 aromatic heterocycles. The van der Waals surface area contributed by atoms with Gasteiger partial charge in [0.15, 0.2) is 0 Å². The van der Waals surface area contributed by atoms with E-state index in [0.717, 1.165) is 0 Å². The van der Waals surface area contributed by atoms with E-state index in [1.807, 2.05) is 0 Å². The molecule has 0 rings (SSSR count). The maximum Gasteiger partial charge on any atom is 0.305 e. The Morgan fingerprint density at radius 2 is 1.55 bits per heavy atom. The van der Waals surface area contributed by atoms with E-state index < -0.39 is 11.9 Å². The predicted octanol–water partition coefficient (Wildman–Crippen LogP) is -0.0656. The minimum Gasteiger partial charge on any atom is -0.481 e. The average Bonchev–Trinajstić information content (AvgIpc) is 1.89. The van der Waals surface area contributed by atoms with Crippen molar-refractivity contribution in [1.29, 1.82) is 0 Å². The molecular formula is C6H12O5. The van der Waals surface area contributed by atoms with Crippen LogP contribution in [0.15, 0.2) is 0 Å². The van der Waals surface area contributed by atoms with E-state index in [-0.39, 0.29) is 19.4 Å². The Labute approximate surface area is 64.3 Å². The van der Waals surface area contributed by atoms with Crippen molar-refractivity contribution in [3.63, 3.8) is 0 Å². The maximum absolute atomic E-state index is 9.44. The second kappa shape index (κ2) is 8.90. The summed E-state index contributed by atoms with van der Waals surface area (Å²) in [5.41, 5.74) is 0. The largest absolute Gasteiger partial charge is 0.481 e. The molecule has 11 heavy (non-hydrogen) atoms. The van der Waals surface area contributed by atoms with Crippen LogP contribution in [0.25, 0.3) is 0 Å². The van der Waals surface area contributed by atoms with E-state index in [4.69, 9.17) is 15.3 Å². The summed E-state index contributed by atoms with van der Waals surface area (Å²) in [4.78, 5) is 18.8. The molecule has 0 aliphatic rings. The molecule has 0 heterocycles. The molecule has 0 saturated heterocycles. The average molecular weight is 164 g/mol. The molecule has 0 spiro atoms. The molecule has 0 aromatic carbocycles. The third-order valence-electron chi connectivity index (χ3n) is 0.628. The summed E-state index contributed by atoms with van der Waals surface area (Å²) in [7, 11) is 0. The molecule has 3 N–H and O–H groups in total. The molecule has 0 unspecified atom stereocenters. The molecule has 0 saturated carbocycles. The summed E-state index contributed by atoms with van der Waals surface area (Å²) in [6, 6.07) is 0. The van der Waals surface area contributed by atoms with E-state index in [2.05, 4.69) is 0 Å². The van der Waals surface area contributed by atoms with Crippen molar-refractivity contribution in [2.24, 2.45) is 0 Å². The predicted molar refractivity (Wildman–Crippen MR) is 37.3 cm³/mol. The summed E-state index contributed by atoms with van der Waals surface area (Å²) < 4.78 is 0. The number of aliphatic hydroxyl groups excluding tert-OH is 1. The highest BCUT2D eigenvalue weighted by atomic mass is 16.4. The zero-order chi connectivity index (χ0) is 9.28. The number of carboxylic acid groups (broad SMARTS) is 2. The van der Waals surface area contributed by atoms with Crippen molar-refractivity contribution in [2.45, 2.75) is 19.8 Å². The lowest BCUT2D eigenvalue weighted by atomic mass is 10.5. The van der Waals surface area contributed by atoms with Gasteiger partial charge in [0, 0.05) is 6.42 Å². The molecule has 0 fully saturated rings. The number of carbonyl (C=O) groups is 2. The molecule has 0 atom stereocenters. The Bertz CT molecular complexity index is 120. The van der Waals surface area contributed by atoms with Gasteiger partial charge in [-0.15, -0.1) is 0 Å². The number of aliphatic carboxylic acids is 2. The number of hydrogen-bond acceptors (Lipinski definition) is 3. The number of aliphatic hydroxyl groups is 1. The first-order chi connectivity index (χ1) is 5.04. The summed E-state index contributed by atoms with van der Waals surface area (Å²) >= 11 is 0. The minimum atomic E-state index is -0.961. The van der Waals surface area contributed by atoms with Gasteiger partial charge in [-0.05, 0) is 0 Å². The van der Waals surface area contributed by atoms with Crippen LogP contribution in [0.2, 0.25) is 0 Å². The lowest BCUT2D eigenvalue weighted by molar-refractivity contribution is -0.138. The van der Waals surface area contributed by atoms with Crippen molar-refractivity contribution >= 4 is 11.9 Å². The molecule has 0 bridgehead atoms. The van der Waals surface area contributed by atoms with Crippen molar-refractivity contribution in [3.05, 3.63) is 0 Å². The summed E-state index contributed by atoms with van der Waals surface area (Å²) in [5, 5.41) is 23.3. The molecule has 5 heteroatoms. The first-order valence-electron chi connectivity index (χ1n) is 3.09. The van der Waals surface area contributed by atoms with Crippen molar-refractivity contribution in [1.82, 2.24) is 0 Å². The van der Waals surface area contributed by atoms with Crippen LogP contribution in [-0.2, 0) is 9.59 Å². The highest BCUT2D eigenvalue weighted by Gasteiger charge is 1.88. The van der Waals surface area contributed by atoms with E-state index in [1.54, 1.807) is 6.92 Å². The number of rotatable bonds is 3. The Morgan fingerprint density at radius 3 is 1.55 bits per heavy atom. The Kier molecular flexibility index (Phi) is 10.2. The summed E-state index contributed by atoms with van der Waals surface area (Å²) in [6.07, 6.45) is 0.0694.